The molecule has 94 valence electrons. The Kier molecular flexibility index (Phi) is 3.53. The fourth-order valence-corrected chi connectivity index (χ4v) is 1.71. The van der Waals surface area contributed by atoms with Crippen LogP contribution in [0, 0.1) is 0 Å². The summed E-state index contributed by atoms with van der Waals surface area (Å²) in [5.74, 6) is 0.389. The molecule has 0 atom stereocenters. The second kappa shape index (κ2) is 5.10. The van der Waals surface area contributed by atoms with E-state index in [9.17, 15) is 9.90 Å². The second-order valence-corrected chi connectivity index (χ2v) is 4.21. The molecular formula is C12H12ClN3O2. The number of phenols is 1. The highest BCUT2D eigenvalue weighted by Gasteiger charge is 2.11. The van der Waals surface area contributed by atoms with E-state index in [4.69, 9.17) is 11.6 Å². The van der Waals surface area contributed by atoms with E-state index in [0.717, 1.165) is 5.82 Å². The number of hydrogen-bond acceptors (Lipinski definition) is 3. The van der Waals surface area contributed by atoms with Crippen LogP contribution in [0.2, 0.25) is 5.02 Å². The van der Waals surface area contributed by atoms with Crippen LogP contribution in [0.4, 0.5) is 0 Å². The molecule has 1 heterocycles. The number of imidazole rings is 1. The number of phenolic OH excluding ortho intramolecular Hbond substituents is 1. The lowest BCUT2D eigenvalue weighted by atomic mass is 10.2. The molecule has 1 aromatic heterocycles. The van der Waals surface area contributed by atoms with Crippen molar-refractivity contribution < 1.29 is 9.90 Å². The first-order chi connectivity index (χ1) is 8.58. The van der Waals surface area contributed by atoms with Crippen molar-refractivity contribution in [3.05, 3.63) is 47.0 Å². The van der Waals surface area contributed by atoms with Crippen LogP contribution < -0.4 is 5.32 Å². The Morgan fingerprint density at radius 2 is 2.33 bits per heavy atom. The number of aryl methyl sites for hydroxylation is 1. The molecule has 2 rings (SSSR count). The number of amides is 1. The van der Waals surface area contributed by atoms with Crippen LogP contribution in [0.15, 0.2) is 30.6 Å². The number of nitrogens with one attached hydrogen (secondary N) is 1. The highest BCUT2D eigenvalue weighted by Crippen LogP contribution is 2.20. The molecule has 0 saturated carbocycles. The number of rotatable bonds is 3. The summed E-state index contributed by atoms with van der Waals surface area (Å²) in [7, 11) is 1.84. The van der Waals surface area contributed by atoms with E-state index in [0.29, 0.717) is 11.6 Å². The zero-order chi connectivity index (χ0) is 13.1. The molecule has 5 nitrogen and oxygen atoms in total. The molecule has 0 aliphatic carbocycles. The minimum Gasteiger partial charge on any atom is -0.508 e. The molecule has 0 radical (unpaired) electrons. The highest BCUT2D eigenvalue weighted by atomic mass is 35.5. The first kappa shape index (κ1) is 12.4. The average Bonchev–Trinajstić information content (AvgIpc) is 2.75. The van der Waals surface area contributed by atoms with Gasteiger partial charge in [-0.25, -0.2) is 4.98 Å². The van der Waals surface area contributed by atoms with Gasteiger partial charge in [-0.1, -0.05) is 11.6 Å². The molecule has 6 heteroatoms. The first-order valence-electron chi connectivity index (χ1n) is 5.31. The molecule has 0 unspecified atom stereocenters. The summed E-state index contributed by atoms with van der Waals surface area (Å²) < 4.78 is 1.81. The molecule has 0 fully saturated rings. The van der Waals surface area contributed by atoms with E-state index in [1.807, 2.05) is 11.6 Å². The number of carbonyl (C=O) groups excluding carboxylic acids is 1. The van der Waals surface area contributed by atoms with Crippen molar-refractivity contribution in [2.24, 2.45) is 7.05 Å². The van der Waals surface area contributed by atoms with Crippen LogP contribution in [0.25, 0.3) is 0 Å². The predicted octanol–water partition coefficient (Wildman–Crippen LogP) is 1.71. The average molecular weight is 266 g/mol. The zero-order valence-corrected chi connectivity index (χ0v) is 10.5. The Morgan fingerprint density at radius 3 is 3.00 bits per heavy atom. The van der Waals surface area contributed by atoms with Gasteiger partial charge in [0.2, 0.25) is 0 Å². The van der Waals surface area contributed by atoms with Gasteiger partial charge in [-0.3, -0.25) is 4.79 Å². The van der Waals surface area contributed by atoms with Crippen molar-refractivity contribution in [1.82, 2.24) is 14.9 Å². The number of aromatic nitrogens is 2. The van der Waals surface area contributed by atoms with Crippen molar-refractivity contribution in [2.45, 2.75) is 6.54 Å². The maximum absolute atomic E-state index is 11.9. The van der Waals surface area contributed by atoms with Gasteiger partial charge in [0, 0.05) is 19.4 Å². The topological polar surface area (TPSA) is 67.2 Å². The fraction of sp³-hybridized carbons (Fsp3) is 0.167. The predicted molar refractivity (Wildman–Crippen MR) is 67.5 cm³/mol. The summed E-state index contributed by atoms with van der Waals surface area (Å²) in [6.45, 7) is 0.300. The van der Waals surface area contributed by atoms with Crippen LogP contribution in [0.3, 0.4) is 0 Å². The fourth-order valence-electron chi connectivity index (χ4n) is 1.51. The standard InChI is InChI=1S/C12H12ClN3O2/c1-16-5-4-14-11(16)7-15-12(18)9-6-8(17)2-3-10(9)13/h2-6,17H,7H2,1H3,(H,15,18). The number of aromatic hydroxyl groups is 1. The summed E-state index contributed by atoms with van der Waals surface area (Å²) in [5, 5.41) is 12.3. The van der Waals surface area contributed by atoms with Crippen molar-refractivity contribution in [1.29, 1.82) is 0 Å². The van der Waals surface area contributed by atoms with Gasteiger partial charge in [-0.15, -0.1) is 0 Å². The minimum atomic E-state index is -0.348. The molecule has 0 saturated heterocycles. The lowest BCUT2D eigenvalue weighted by Gasteiger charge is -2.07. The number of halogens is 1. The van der Waals surface area contributed by atoms with E-state index in [-0.39, 0.29) is 17.2 Å². The summed E-state index contributed by atoms with van der Waals surface area (Å²) >= 11 is 5.89. The normalized spacial score (nSPS) is 10.3. The number of benzene rings is 1. The largest absolute Gasteiger partial charge is 0.508 e. The zero-order valence-electron chi connectivity index (χ0n) is 9.72. The van der Waals surface area contributed by atoms with Crippen LogP contribution in [-0.2, 0) is 13.6 Å². The third-order valence-electron chi connectivity index (χ3n) is 2.52. The minimum absolute atomic E-state index is 0.00143. The van der Waals surface area contributed by atoms with E-state index in [1.54, 1.807) is 12.4 Å². The SMILES string of the molecule is Cn1ccnc1CNC(=O)c1cc(O)ccc1Cl. The third-order valence-corrected chi connectivity index (χ3v) is 2.85. The van der Waals surface area contributed by atoms with E-state index in [2.05, 4.69) is 10.3 Å². The molecule has 0 spiro atoms. The molecule has 0 bridgehead atoms. The van der Waals surface area contributed by atoms with E-state index in [1.165, 1.54) is 18.2 Å². The molecule has 2 aromatic rings. The van der Waals surface area contributed by atoms with Gasteiger partial charge in [0.05, 0.1) is 17.1 Å². The summed E-state index contributed by atoms with van der Waals surface area (Å²) in [6, 6.07) is 4.24. The smallest absolute Gasteiger partial charge is 0.253 e. The molecule has 18 heavy (non-hydrogen) atoms. The van der Waals surface area contributed by atoms with Crippen molar-refractivity contribution in [3.63, 3.8) is 0 Å². The van der Waals surface area contributed by atoms with Crippen LogP contribution in [0.1, 0.15) is 16.2 Å². The van der Waals surface area contributed by atoms with Crippen LogP contribution >= 0.6 is 11.6 Å². The lowest BCUT2D eigenvalue weighted by Crippen LogP contribution is -2.24. The van der Waals surface area contributed by atoms with E-state index < -0.39 is 0 Å². The van der Waals surface area contributed by atoms with Crippen molar-refractivity contribution in [3.8, 4) is 5.75 Å². The van der Waals surface area contributed by atoms with Crippen molar-refractivity contribution >= 4 is 17.5 Å². The maximum atomic E-state index is 11.9. The third kappa shape index (κ3) is 2.62. The van der Waals surface area contributed by atoms with Gasteiger partial charge >= 0.3 is 0 Å². The first-order valence-corrected chi connectivity index (χ1v) is 5.68. The van der Waals surface area contributed by atoms with Gasteiger partial charge in [0.1, 0.15) is 11.6 Å². The Bertz CT molecular complexity index is 580. The molecular weight excluding hydrogens is 254 g/mol. The molecule has 0 aliphatic heterocycles. The van der Waals surface area contributed by atoms with Gasteiger partial charge in [0.25, 0.3) is 5.91 Å². The Labute approximate surface area is 109 Å². The van der Waals surface area contributed by atoms with Crippen molar-refractivity contribution in [2.75, 3.05) is 0 Å². The highest BCUT2D eigenvalue weighted by molar-refractivity contribution is 6.33. The Hall–Kier alpha value is -2.01. The van der Waals surface area contributed by atoms with Gasteiger partial charge in [-0.2, -0.15) is 0 Å². The molecule has 0 aliphatic rings. The summed E-state index contributed by atoms with van der Waals surface area (Å²) in [4.78, 5) is 16.0. The summed E-state index contributed by atoms with van der Waals surface area (Å²) in [5.41, 5.74) is 0.242. The maximum Gasteiger partial charge on any atom is 0.253 e. The summed E-state index contributed by atoms with van der Waals surface area (Å²) in [6.07, 6.45) is 3.45. The number of hydrogen-bond donors (Lipinski definition) is 2. The second-order valence-electron chi connectivity index (χ2n) is 3.80. The van der Waals surface area contributed by atoms with Crippen LogP contribution in [0.5, 0.6) is 5.75 Å². The number of nitrogens with zero attached hydrogens (tertiary/aromatic N) is 2. The van der Waals surface area contributed by atoms with E-state index >= 15 is 0 Å². The molecule has 1 amide bonds. The monoisotopic (exact) mass is 265 g/mol. The number of carbonyl (C=O) groups is 1. The molecule has 2 N–H and O–H groups in total. The Balaban J connectivity index is 2.08. The van der Waals surface area contributed by atoms with Crippen LogP contribution in [-0.4, -0.2) is 20.6 Å². The molecule has 1 aromatic carbocycles. The van der Waals surface area contributed by atoms with Gasteiger partial charge in [-0.05, 0) is 18.2 Å². The lowest BCUT2D eigenvalue weighted by molar-refractivity contribution is 0.0949. The quantitative estimate of drug-likeness (QED) is 0.888. The Morgan fingerprint density at radius 1 is 1.56 bits per heavy atom. The van der Waals surface area contributed by atoms with Gasteiger partial charge < -0.3 is 15.0 Å². The van der Waals surface area contributed by atoms with Gasteiger partial charge in [0.15, 0.2) is 0 Å².